The second-order valence-corrected chi connectivity index (χ2v) is 7.09. The van der Waals surface area contributed by atoms with E-state index in [1.165, 1.54) is 15.9 Å². The van der Waals surface area contributed by atoms with E-state index in [0.29, 0.717) is 15.3 Å². The lowest BCUT2D eigenvalue weighted by molar-refractivity contribution is 0.936. The number of halogens is 1. The number of benzene rings is 1. The summed E-state index contributed by atoms with van der Waals surface area (Å²) in [4.78, 5) is 21.5. The lowest BCUT2D eigenvalue weighted by atomic mass is 10.2. The zero-order chi connectivity index (χ0) is 15.8. The zero-order valence-corrected chi connectivity index (χ0v) is 14.7. The van der Waals surface area contributed by atoms with Crippen molar-refractivity contribution in [3.05, 3.63) is 72.8 Å². The Balaban J connectivity index is 1.82. The first kappa shape index (κ1) is 14.5. The lowest BCUT2D eigenvalue weighted by Gasteiger charge is -1.92. The Morgan fingerprint density at radius 3 is 2.52 bits per heavy atom. The van der Waals surface area contributed by atoms with Crippen LogP contribution in [0.5, 0.6) is 0 Å². The normalized spacial score (nSPS) is 12.1. The molecule has 0 unspecified atom stereocenters. The van der Waals surface area contributed by atoms with Crippen molar-refractivity contribution in [1.82, 2.24) is 19.6 Å². The van der Waals surface area contributed by atoms with Crippen LogP contribution in [0.25, 0.3) is 22.4 Å². The third kappa shape index (κ3) is 2.77. The van der Waals surface area contributed by atoms with Gasteiger partial charge >= 0.3 is 0 Å². The van der Waals surface area contributed by atoms with Crippen molar-refractivity contribution >= 4 is 45.0 Å². The number of hydrogen-bond acceptors (Lipinski definition) is 5. The minimum Gasteiger partial charge on any atom is -0.266 e. The Kier molecular flexibility index (Phi) is 3.66. The first-order chi connectivity index (χ1) is 11.2. The molecule has 0 N–H and O–H groups in total. The van der Waals surface area contributed by atoms with Crippen molar-refractivity contribution in [2.24, 2.45) is 0 Å². The number of hydrogen-bond donors (Lipinski definition) is 0. The summed E-state index contributed by atoms with van der Waals surface area (Å²) in [5, 5.41) is 4.31. The molecule has 5 nitrogen and oxygen atoms in total. The quantitative estimate of drug-likeness (QED) is 0.457. The highest BCUT2D eigenvalue weighted by molar-refractivity contribution is 14.1. The van der Waals surface area contributed by atoms with Gasteiger partial charge in [0.05, 0.1) is 4.53 Å². The van der Waals surface area contributed by atoms with Crippen molar-refractivity contribution < 1.29 is 0 Å². The maximum atomic E-state index is 12.5. The molecule has 0 aliphatic rings. The molecule has 4 aromatic rings. The van der Waals surface area contributed by atoms with Gasteiger partial charge < -0.3 is 0 Å². The average Bonchev–Trinajstić information content (AvgIpc) is 3.11. The van der Waals surface area contributed by atoms with Gasteiger partial charge in [-0.2, -0.15) is 9.50 Å². The molecule has 3 aromatic heterocycles. The topological polar surface area (TPSA) is 60.2 Å². The van der Waals surface area contributed by atoms with Crippen molar-refractivity contribution in [3.63, 3.8) is 0 Å². The van der Waals surface area contributed by atoms with E-state index in [9.17, 15) is 4.79 Å². The molecular weight excluding hydrogens is 423 g/mol. The van der Waals surface area contributed by atoms with Crippen LogP contribution in [0.3, 0.4) is 0 Å². The van der Waals surface area contributed by atoms with E-state index in [1.807, 2.05) is 42.5 Å². The van der Waals surface area contributed by atoms with E-state index in [1.54, 1.807) is 12.4 Å². The Morgan fingerprint density at radius 1 is 1.09 bits per heavy atom. The van der Waals surface area contributed by atoms with Crippen molar-refractivity contribution in [2.75, 3.05) is 0 Å². The van der Waals surface area contributed by atoms with Crippen LogP contribution in [-0.2, 0) is 0 Å². The van der Waals surface area contributed by atoms with Crippen LogP contribution in [0.2, 0.25) is 0 Å². The van der Waals surface area contributed by atoms with Crippen molar-refractivity contribution in [2.45, 2.75) is 0 Å². The summed E-state index contributed by atoms with van der Waals surface area (Å²) < 4.78 is 3.15. The fourth-order valence-electron chi connectivity index (χ4n) is 2.17. The molecule has 0 spiro atoms. The van der Waals surface area contributed by atoms with Crippen molar-refractivity contribution in [3.8, 4) is 11.4 Å². The van der Waals surface area contributed by atoms with Crippen LogP contribution in [-0.4, -0.2) is 19.6 Å². The number of thiazole rings is 1. The summed E-state index contributed by atoms with van der Waals surface area (Å²) in [6.07, 6.45) is 5.22. The predicted octanol–water partition coefficient (Wildman–Crippen LogP) is 2.37. The minimum absolute atomic E-state index is 0.142. The van der Waals surface area contributed by atoms with Gasteiger partial charge in [-0.1, -0.05) is 23.5 Å². The maximum Gasteiger partial charge on any atom is 0.291 e. The van der Waals surface area contributed by atoms with Crippen LogP contribution in [0, 0.1) is 3.57 Å². The lowest BCUT2D eigenvalue weighted by Crippen LogP contribution is -2.23. The zero-order valence-electron chi connectivity index (χ0n) is 11.7. The molecule has 0 saturated carbocycles. The smallest absolute Gasteiger partial charge is 0.266 e. The third-order valence-corrected chi connectivity index (χ3v) is 4.97. The number of rotatable bonds is 2. The number of pyridine rings is 1. The van der Waals surface area contributed by atoms with Gasteiger partial charge in [0.15, 0.2) is 5.82 Å². The molecule has 0 amide bonds. The molecule has 112 valence electrons. The Hall–Kier alpha value is -2.13. The molecule has 0 saturated heterocycles. The van der Waals surface area contributed by atoms with Crippen LogP contribution in [0.4, 0.5) is 0 Å². The van der Waals surface area contributed by atoms with Gasteiger partial charge in [0.1, 0.15) is 0 Å². The third-order valence-electron chi connectivity index (χ3n) is 3.29. The fourth-order valence-corrected chi connectivity index (χ4v) is 3.43. The number of fused-ring (bicyclic) bond motifs is 1. The van der Waals surface area contributed by atoms with Crippen molar-refractivity contribution in [1.29, 1.82) is 0 Å². The van der Waals surface area contributed by atoms with Crippen LogP contribution in [0.15, 0.2) is 53.6 Å². The Bertz CT molecular complexity index is 1090. The summed E-state index contributed by atoms with van der Waals surface area (Å²) in [6.45, 7) is 0. The van der Waals surface area contributed by atoms with Gasteiger partial charge in [-0.3, -0.25) is 9.78 Å². The molecule has 0 bridgehead atoms. The number of nitrogens with zero attached hydrogens (tertiary/aromatic N) is 4. The average molecular weight is 432 g/mol. The number of aromatic nitrogens is 4. The highest BCUT2D eigenvalue weighted by atomic mass is 127. The van der Waals surface area contributed by atoms with E-state index >= 15 is 0 Å². The van der Waals surface area contributed by atoms with Crippen LogP contribution < -0.4 is 10.1 Å². The molecular formula is C16H9IN4OS. The van der Waals surface area contributed by atoms with Gasteiger partial charge in [0, 0.05) is 21.5 Å². The van der Waals surface area contributed by atoms with Gasteiger partial charge in [-0.05, 0) is 58.5 Å². The predicted molar refractivity (Wildman–Crippen MR) is 98.3 cm³/mol. The molecule has 0 atom stereocenters. The largest absolute Gasteiger partial charge is 0.291 e. The van der Waals surface area contributed by atoms with E-state index < -0.39 is 0 Å². The molecule has 0 aliphatic carbocycles. The molecule has 4 rings (SSSR count). The molecule has 0 aliphatic heterocycles. The monoisotopic (exact) mass is 432 g/mol. The standard InChI is InChI=1S/C16H9IN4OS/c17-12-3-1-10(2-4-12)9-13-15(22)21-16(23-13)19-14(20-21)11-5-7-18-8-6-11/h1-9H. The van der Waals surface area contributed by atoms with Crippen LogP contribution in [0.1, 0.15) is 5.56 Å². The van der Waals surface area contributed by atoms with Gasteiger partial charge in [0.2, 0.25) is 4.96 Å². The minimum atomic E-state index is -0.142. The molecule has 3 heterocycles. The van der Waals surface area contributed by atoms with E-state index in [0.717, 1.165) is 14.7 Å². The Labute approximate surface area is 148 Å². The maximum absolute atomic E-state index is 12.5. The first-order valence-corrected chi connectivity index (χ1v) is 8.67. The Morgan fingerprint density at radius 2 is 1.83 bits per heavy atom. The summed E-state index contributed by atoms with van der Waals surface area (Å²) in [5.74, 6) is 0.538. The molecule has 0 fully saturated rings. The fraction of sp³-hybridized carbons (Fsp3) is 0. The van der Waals surface area contributed by atoms with Gasteiger partial charge in [-0.25, -0.2) is 0 Å². The summed E-state index contributed by atoms with van der Waals surface area (Å²) in [5.41, 5.74) is 1.69. The van der Waals surface area contributed by atoms with Crippen LogP contribution >= 0.6 is 33.9 Å². The second kappa shape index (κ2) is 5.82. The summed E-state index contributed by atoms with van der Waals surface area (Å²) in [7, 11) is 0. The SMILES string of the molecule is O=c1c(=Cc2ccc(I)cc2)sc2nc(-c3ccncc3)nn12. The second-order valence-electron chi connectivity index (χ2n) is 4.83. The van der Waals surface area contributed by atoms with Gasteiger partial charge in [0.25, 0.3) is 5.56 Å². The van der Waals surface area contributed by atoms with E-state index in [-0.39, 0.29) is 5.56 Å². The molecule has 0 radical (unpaired) electrons. The molecule has 7 heteroatoms. The summed E-state index contributed by atoms with van der Waals surface area (Å²) in [6, 6.07) is 11.6. The van der Waals surface area contributed by atoms with E-state index in [2.05, 4.69) is 37.7 Å². The van der Waals surface area contributed by atoms with E-state index in [4.69, 9.17) is 0 Å². The highest BCUT2D eigenvalue weighted by Gasteiger charge is 2.11. The highest BCUT2D eigenvalue weighted by Crippen LogP contribution is 2.15. The molecule has 23 heavy (non-hydrogen) atoms. The first-order valence-electron chi connectivity index (χ1n) is 6.78. The van der Waals surface area contributed by atoms with Gasteiger partial charge in [-0.15, -0.1) is 5.10 Å². The summed E-state index contributed by atoms with van der Waals surface area (Å²) >= 11 is 3.59. The molecule has 1 aromatic carbocycles.